The Hall–Kier alpha value is -2.44. The molecule has 0 spiro atoms. The van der Waals surface area contributed by atoms with Crippen molar-refractivity contribution in [3.8, 4) is 0 Å². The van der Waals surface area contributed by atoms with Crippen LogP contribution in [0.1, 0.15) is 37.4 Å². The first kappa shape index (κ1) is 17.9. The maximum Gasteiger partial charge on any atom is 0.206 e. The number of imidazole rings is 1. The third-order valence-electron chi connectivity index (χ3n) is 4.99. The molecule has 0 bridgehead atoms. The largest absolute Gasteiger partial charge is 0.353 e. The number of rotatable bonds is 6. The fourth-order valence-electron chi connectivity index (χ4n) is 3.68. The van der Waals surface area contributed by atoms with Gasteiger partial charge in [-0.3, -0.25) is 9.55 Å². The van der Waals surface area contributed by atoms with Crippen molar-refractivity contribution < 1.29 is 4.74 Å². The zero-order valence-corrected chi connectivity index (χ0v) is 16.0. The zero-order chi connectivity index (χ0) is 18.6. The molecule has 1 aliphatic rings. The topological polar surface area (TPSA) is 64.0 Å². The molecule has 0 aliphatic carbocycles. The minimum absolute atomic E-state index is 0.313. The first-order valence-electron chi connectivity index (χ1n) is 9.75. The van der Waals surface area contributed by atoms with Gasteiger partial charge in [-0.25, -0.2) is 4.98 Å². The third-order valence-corrected chi connectivity index (χ3v) is 4.99. The molecular weight excluding hydrogens is 338 g/mol. The SMILES string of the molecule is CCOC(c1cccc(C)n1)n1c(NC2CCNCC2)nc2ccccc21. The van der Waals surface area contributed by atoms with E-state index in [1.807, 2.05) is 50.2 Å². The summed E-state index contributed by atoms with van der Waals surface area (Å²) in [4.78, 5) is 9.61. The third kappa shape index (κ3) is 3.82. The van der Waals surface area contributed by atoms with E-state index in [2.05, 4.69) is 21.3 Å². The maximum absolute atomic E-state index is 6.17. The number of aryl methyl sites for hydroxylation is 1. The summed E-state index contributed by atoms with van der Waals surface area (Å²) in [6.45, 7) is 6.69. The minimum Gasteiger partial charge on any atom is -0.353 e. The van der Waals surface area contributed by atoms with E-state index in [9.17, 15) is 0 Å². The standard InChI is InChI=1S/C21H27N5O/c1-3-27-20(18-9-6-7-15(2)23-18)26-19-10-5-4-8-17(19)25-21(26)24-16-11-13-22-14-12-16/h4-10,16,20,22H,3,11-14H2,1-2H3,(H,24,25). The molecule has 1 saturated heterocycles. The summed E-state index contributed by atoms with van der Waals surface area (Å²) in [6.07, 6.45) is 1.86. The molecule has 1 unspecified atom stereocenters. The Morgan fingerprint density at radius 3 is 2.74 bits per heavy atom. The second-order valence-corrected chi connectivity index (χ2v) is 6.97. The van der Waals surface area contributed by atoms with Crippen LogP contribution in [0.4, 0.5) is 5.95 Å². The van der Waals surface area contributed by atoms with Crippen LogP contribution < -0.4 is 10.6 Å². The molecule has 6 nitrogen and oxygen atoms in total. The van der Waals surface area contributed by atoms with E-state index in [1.165, 1.54) is 0 Å². The number of nitrogens with one attached hydrogen (secondary N) is 2. The summed E-state index contributed by atoms with van der Waals surface area (Å²) in [5, 5.41) is 7.08. The molecule has 1 atom stereocenters. The van der Waals surface area contributed by atoms with Crippen LogP contribution in [0, 0.1) is 6.92 Å². The number of aromatic nitrogens is 3. The number of benzene rings is 1. The lowest BCUT2D eigenvalue weighted by Gasteiger charge is -2.27. The first-order valence-corrected chi connectivity index (χ1v) is 9.75. The monoisotopic (exact) mass is 365 g/mol. The summed E-state index contributed by atoms with van der Waals surface area (Å²) in [5.41, 5.74) is 3.89. The smallest absolute Gasteiger partial charge is 0.206 e. The number of pyridine rings is 1. The normalized spacial score (nSPS) is 16.5. The molecule has 0 radical (unpaired) electrons. The number of ether oxygens (including phenoxy) is 1. The van der Waals surface area contributed by atoms with E-state index in [4.69, 9.17) is 14.7 Å². The van der Waals surface area contributed by atoms with Crippen molar-refractivity contribution in [3.63, 3.8) is 0 Å². The van der Waals surface area contributed by atoms with Gasteiger partial charge in [-0.2, -0.15) is 0 Å². The fraction of sp³-hybridized carbons (Fsp3) is 0.429. The molecule has 1 aliphatic heterocycles. The van der Waals surface area contributed by atoms with Gasteiger partial charge in [0.2, 0.25) is 5.95 Å². The summed E-state index contributed by atoms with van der Waals surface area (Å²) in [5.74, 6) is 0.852. The Morgan fingerprint density at radius 2 is 1.96 bits per heavy atom. The van der Waals surface area contributed by atoms with Gasteiger partial charge in [-0.1, -0.05) is 18.2 Å². The van der Waals surface area contributed by atoms with Gasteiger partial charge in [-0.15, -0.1) is 0 Å². The quantitative estimate of drug-likeness (QED) is 0.700. The molecule has 0 saturated carbocycles. The molecule has 142 valence electrons. The molecule has 27 heavy (non-hydrogen) atoms. The van der Waals surface area contributed by atoms with Gasteiger partial charge in [-0.05, 0) is 64.0 Å². The van der Waals surface area contributed by atoms with Crippen molar-refractivity contribution in [1.29, 1.82) is 0 Å². The van der Waals surface area contributed by atoms with Gasteiger partial charge in [0.15, 0.2) is 6.23 Å². The molecule has 1 aromatic carbocycles. The Labute approximate surface area is 160 Å². The van der Waals surface area contributed by atoms with E-state index in [0.29, 0.717) is 12.6 Å². The molecule has 2 aromatic heterocycles. The van der Waals surface area contributed by atoms with E-state index < -0.39 is 0 Å². The molecule has 4 rings (SSSR count). The molecule has 6 heteroatoms. The average molecular weight is 365 g/mol. The lowest BCUT2D eigenvalue weighted by atomic mass is 10.1. The van der Waals surface area contributed by atoms with Gasteiger partial charge < -0.3 is 15.4 Å². The van der Waals surface area contributed by atoms with Gasteiger partial charge in [0.05, 0.1) is 16.7 Å². The first-order chi connectivity index (χ1) is 13.3. The number of anilines is 1. The Bertz CT molecular complexity index is 900. The van der Waals surface area contributed by atoms with E-state index in [-0.39, 0.29) is 6.23 Å². The van der Waals surface area contributed by atoms with Crippen LogP contribution in [0.2, 0.25) is 0 Å². The average Bonchev–Trinajstić information content (AvgIpc) is 3.04. The molecule has 3 heterocycles. The maximum atomic E-state index is 6.17. The van der Waals surface area contributed by atoms with Crippen LogP contribution in [0.5, 0.6) is 0 Å². The highest BCUT2D eigenvalue weighted by molar-refractivity contribution is 5.79. The predicted molar refractivity (Wildman–Crippen MR) is 108 cm³/mol. The van der Waals surface area contributed by atoms with Crippen LogP contribution in [-0.2, 0) is 4.74 Å². The molecule has 1 fully saturated rings. The van der Waals surface area contributed by atoms with Crippen molar-refractivity contribution in [3.05, 3.63) is 53.9 Å². The van der Waals surface area contributed by atoms with Crippen LogP contribution >= 0.6 is 0 Å². The second-order valence-electron chi connectivity index (χ2n) is 6.97. The Balaban J connectivity index is 1.80. The van der Waals surface area contributed by atoms with Crippen molar-refractivity contribution in [2.75, 3.05) is 25.0 Å². The van der Waals surface area contributed by atoms with Crippen LogP contribution in [-0.4, -0.2) is 40.3 Å². The zero-order valence-electron chi connectivity index (χ0n) is 16.0. The number of piperidine rings is 1. The summed E-state index contributed by atoms with van der Waals surface area (Å²) in [7, 11) is 0. The van der Waals surface area contributed by atoms with Crippen molar-refractivity contribution in [2.24, 2.45) is 0 Å². The number of hydrogen-bond acceptors (Lipinski definition) is 5. The molecule has 2 N–H and O–H groups in total. The molecular formula is C21H27N5O. The lowest BCUT2D eigenvalue weighted by Crippen LogP contribution is -2.36. The van der Waals surface area contributed by atoms with Gasteiger partial charge in [0.1, 0.15) is 0 Å². The van der Waals surface area contributed by atoms with Gasteiger partial charge in [0, 0.05) is 18.3 Å². The predicted octanol–water partition coefficient (Wildman–Crippen LogP) is 3.49. The minimum atomic E-state index is -0.313. The number of nitrogens with zero attached hydrogens (tertiary/aromatic N) is 3. The van der Waals surface area contributed by atoms with Crippen molar-refractivity contribution >= 4 is 17.0 Å². The highest BCUT2D eigenvalue weighted by atomic mass is 16.5. The summed E-state index contributed by atoms with van der Waals surface area (Å²) >= 11 is 0. The second kappa shape index (κ2) is 8.06. The fourth-order valence-corrected chi connectivity index (χ4v) is 3.68. The van der Waals surface area contributed by atoms with Crippen molar-refractivity contribution in [1.82, 2.24) is 19.9 Å². The van der Waals surface area contributed by atoms with E-state index >= 15 is 0 Å². The number of hydrogen-bond donors (Lipinski definition) is 2. The molecule has 0 amide bonds. The van der Waals surface area contributed by atoms with Crippen LogP contribution in [0.25, 0.3) is 11.0 Å². The Kier molecular flexibility index (Phi) is 5.36. The Morgan fingerprint density at radius 1 is 1.15 bits per heavy atom. The van der Waals surface area contributed by atoms with Crippen molar-refractivity contribution in [2.45, 2.75) is 39.0 Å². The van der Waals surface area contributed by atoms with Gasteiger partial charge >= 0.3 is 0 Å². The molecule has 3 aromatic rings. The highest BCUT2D eigenvalue weighted by Crippen LogP contribution is 2.30. The van der Waals surface area contributed by atoms with Crippen LogP contribution in [0.15, 0.2) is 42.5 Å². The van der Waals surface area contributed by atoms with E-state index in [0.717, 1.165) is 54.3 Å². The number of fused-ring (bicyclic) bond motifs is 1. The summed E-state index contributed by atoms with van der Waals surface area (Å²) < 4.78 is 8.33. The lowest BCUT2D eigenvalue weighted by molar-refractivity contribution is 0.0420. The van der Waals surface area contributed by atoms with E-state index in [1.54, 1.807) is 0 Å². The summed E-state index contributed by atoms with van der Waals surface area (Å²) in [6, 6.07) is 14.7. The number of para-hydroxylation sites is 2. The van der Waals surface area contributed by atoms with Crippen LogP contribution in [0.3, 0.4) is 0 Å². The highest BCUT2D eigenvalue weighted by Gasteiger charge is 2.24. The van der Waals surface area contributed by atoms with Gasteiger partial charge in [0.25, 0.3) is 0 Å².